The molecular formula is C19H20Cl2N4O3. The highest BCUT2D eigenvalue weighted by molar-refractivity contribution is 6.39. The summed E-state index contributed by atoms with van der Waals surface area (Å²) in [4.78, 5) is 22.0. The Kier molecular flexibility index (Phi) is 5.90. The van der Waals surface area contributed by atoms with Crippen molar-refractivity contribution in [2.75, 3.05) is 18.1 Å². The van der Waals surface area contributed by atoms with Crippen LogP contribution in [0.25, 0.3) is 10.9 Å². The normalized spacial score (nSPS) is 11.8. The van der Waals surface area contributed by atoms with E-state index in [2.05, 4.69) is 9.97 Å². The minimum absolute atomic E-state index is 0.0148. The zero-order valence-electron chi connectivity index (χ0n) is 15.4. The Morgan fingerprint density at radius 1 is 1.21 bits per heavy atom. The standard InChI is InChI=1S/C19H20Cl2N4O3/c1-19(2,28)10-24-6-5-12-9-13(3-4-14(12)24)25(7-8-26)18(27)15-16(20)22-11-23-17(15)21/h3-6,9,11,26,28H,7-8,10H2,1-2H3. The summed E-state index contributed by atoms with van der Waals surface area (Å²) in [5, 5.41) is 20.3. The molecule has 0 fully saturated rings. The van der Waals surface area contributed by atoms with Gasteiger partial charge in [-0.25, -0.2) is 9.97 Å². The van der Waals surface area contributed by atoms with Crippen molar-refractivity contribution in [2.24, 2.45) is 0 Å². The van der Waals surface area contributed by atoms with Gasteiger partial charge in [-0.15, -0.1) is 0 Å². The number of benzene rings is 1. The van der Waals surface area contributed by atoms with Gasteiger partial charge in [0.25, 0.3) is 5.91 Å². The largest absolute Gasteiger partial charge is 0.395 e. The summed E-state index contributed by atoms with van der Waals surface area (Å²) in [6.07, 6.45) is 3.05. The molecule has 0 aliphatic rings. The highest BCUT2D eigenvalue weighted by Crippen LogP contribution is 2.28. The van der Waals surface area contributed by atoms with Crippen LogP contribution in [0, 0.1) is 0 Å². The summed E-state index contributed by atoms with van der Waals surface area (Å²) in [7, 11) is 0. The summed E-state index contributed by atoms with van der Waals surface area (Å²) >= 11 is 12.1. The number of hydrogen-bond acceptors (Lipinski definition) is 5. The first-order valence-corrected chi connectivity index (χ1v) is 9.37. The van der Waals surface area contributed by atoms with Crippen LogP contribution >= 0.6 is 23.2 Å². The van der Waals surface area contributed by atoms with Crippen LogP contribution in [-0.2, 0) is 6.54 Å². The molecule has 2 aromatic heterocycles. The smallest absolute Gasteiger partial charge is 0.264 e. The van der Waals surface area contributed by atoms with Crippen LogP contribution in [0.5, 0.6) is 0 Å². The summed E-state index contributed by atoms with van der Waals surface area (Å²) < 4.78 is 1.94. The molecule has 0 bridgehead atoms. The molecular weight excluding hydrogens is 403 g/mol. The highest BCUT2D eigenvalue weighted by atomic mass is 35.5. The maximum Gasteiger partial charge on any atom is 0.264 e. The molecule has 3 aromatic rings. The molecule has 0 atom stereocenters. The zero-order valence-corrected chi connectivity index (χ0v) is 16.9. The minimum Gasteiger partial charge on any atom is -0.395 e. The van der Waals surface area contributed by atoms with Crippen LogP contribution in [-0.4, -0.2) is 49.4 Å². The number of aliphatic hydroxyl groups excluding tert-OH is 1. The number of hydrogen-bond donors (Lipinski definition) is 2. The molecule has 148 valence electrons. The third kappa shape index (κ3) is 4.28. The van der Waals surface area contributed by atoms with Crippen LogP contribution in [0.2, 0.25) is 10.3 Å². The lowest BCUT2D eigenvalue weighted by atomic mass is 10.1. The average molecular weight is 423 g/mol. The average Bonchev–Trinajstić information content (AvgIpc) is 2.99. The Morgan fingerprint density at radius 2 is 1.89 bits per heavy atom. The molecule has 2 N–H and O–H groups in total. The maximum absolute atomic E-state index is 13.0. The predicted octanol–water partition coefficient (Wildman–Crippen LogP) is 3.15. The molecule has 0 saturated carbocycles. The van der Waals surface area contributed by atoms with Crippen molar-refractivity contribution in [1.82, 2.24) is 14.5 Å². The van der Waals surface area contributed by atoms with Crippen molar-refractivity contribution in [1.29, 1.82) is 0 Å². The van der Waals surface area contributed by atoms with Gasteiger partial charge in [0, 0.05) is 29.3 Å². The van der Waals surface area contributed by atoms with Gasteiger partial charge in [-0.2, -0.15) is 0 Å². The van der Waals surface area contributed by atoms with Crippen LogP contribution in [0.15, 0.2) is 36.8 Å². The molecule has 0 spiro atoms. The number of aliphatic hydroxyl groups is 2. The van der Waals surface area contributed by atoms with Gasteiger partial charge < -0.3 is 19.7 Å². The number of halogens is 2. The third-order valence-electron chi connectivity index (χ3n) is 4.16. The number of fused-ring (bicyclic) bond motifs is 1. The van der Waals surface area contributed by atoms with E-state index in [1.54, 1.807) is 19.9 Å². The number of amides is 1. The van der Waals surface area contributed by atoms with Gasteiger partial charge in [0.2, 0.25) is 0 Å². The Labute approximate surface area is 172 Å². The van der Waals surface area contributed by atoms with E-state index in [0.29, 0.717) is 12.2 Å². The van der Waals surface area contributed by atoms with E-state index < -0.39 is 11.5 Å². The molecule has 28 heavy (non-hydrogen) atoms. The third-order valence-corrected chi connectivity index (χ3v) is 4.73. The van der Waals surface area contributed by atoms with E-state index in [1.165, 1.54) is 11.2 Å². The number of carbonyl (C=O) groups is 1. The van der Waals surface area contributed by atoms with Crippen molar-refractivity contribution < 1.29 is 15.0 Å². The van der Waals surface area contributed by atoms with Gasteiger partial charge in [0.05, 0.1) is 18.8 Å². The van der Waals surface area contributed by atoms with Crippen LogP contribution < -0.4 is 4.90 Å². The zero-order chi connectivity index (χ0) is 20.5. The first-order chi connectivity index (χ1) is 13.2. The van der Waals surface area contributed by atoms with Crippen molar-refractivity contribution in [3.05, 3.63) is 52.7 Å². The van der Waals surface area contributed by atoms with Crippen molar-refractivity contribution in [3.8, 4) is 0 Å². The van der Waals surface area contributed by atoms with Crippen molar-refractivity contribution >= 4 is 45.7 Å². The van der Waals surface area contributed by atoms with Gasteiger partial charge in [-0.1, -0.05) is 23.2 Å². The molecule has 1 amide bonds. The molecule has 0 aliphatic carbocycles. The first-order valence-electron chi connectivity index (χ1n) is 8.61. The van der Waals surface area contributed by atoms with E-state index in [4.69, 9.17) is 23.2 Å². The van der Waals surface area contributed by atoms with E-state index in [-0.39, 0.29) is 29.0 Å². The molecule has 7 nitrogen and oxygen atoms in total. The van der Waals surface area contributed by atoms with Gasteiger partial charge in [0.1, 0.15) is 22.2 Å². The van der Waals surface area contributed by atoms with E-state index in [0.717, 1.165) is 10.9 Å². The quantitative estimate of drug-likeness (QED) is 0.595. The Morgan fingerprint density at radius 3 is 2.50 bits per heavy atom. The second-order valence-corrected chi connectivity index (χ2v) is 7.73. The molecule has 0 aliphatic heterocycles. The maximum atomic E-state index is 13.0. The topological polar surface area (TPSA) is 91.5 Å². The van der Waals surface area contributed by atoms with Crippen molar-refractivity contribution in [3.63, 3.8) is 0 Å². The lowest BCUT2D eigenvalue weighted by molar-refractivity contribution is 0.0628. The summed E-state index contributed by atoms with van der Waals surface area (Å²) in [6, 6.07) is 7.36. The van der Waals surface area contributed by atoms with E-state index >= 15 is 0 Å². The van der Waals surface area contributed by atoms with Crippen LogP contribution in [0.3, 0.4) is 0 Å². The number of nitrogens with zero attached hydrogens (tertiary/aromatic N) is 4. The number of aromatic nitrogens is 3. The first kappa shape index (κ1) is 20.5. The summed E-state index contributed by atoms with van der Waals surface area (Å²) in [6.45, 7) is 3.72. The fourth-order valence-electron chi connectivity index (χ4n) is 3.01. The lowest BCUT2D eigenvalue weighted by Gasteiger charge is -2.23. The SMILES string of the molecule is CC(C)(O)Cn1ccc2cc(N(CCO)C(=O)c3c(Cl)ncnc3Cl)ccc21. The van der Waals surface area contributed by atoms with Gasteiger partial charge in [0.15, 0.2) is 0 Å². The number of anilines is 1. The monoisotopic (exact) mass is 422 g/mol. The van der Waals surface area contributed by atoms with Gasteiger partial charge in [-0.05, 0) is 38.1 Å². The Hall–Kier alpha value is -2.19. The van der Waals surface area contributed by atoms with Crippen LogP contribution in [0.4, 0.5) is 5.69 Å². The molecule has 0 radical (unpaired) electrons. The molecule has 0 saturated heterocycles. The second kappa shape index (κ2) is 8.05. The van der Waals surface area contributed by atoms with Crippen molar-refractivity contribution in [2.45, 2.75) is 26.0 Å². The Bertz CT molecular complexity index is 994. The summed E-state index contributed by atoms with van der Waals surface area (Å²) in [5.41, 5.74) is 0.619. The van der Waals surface area contributed by atoms with Gasteiger partial charge in [-0.3, -0.25) is 4.79 Å². The second-order valence-electron chi connectivity index (χ2n) is 7.01. The molecule has 0 unspecified atom stereocenters. The number of rotatable bonds is 6. The minimum atomic E-state index is -0.857. The lowest BCUT2D eigenvalue weighted by Crippen LogP contribution is -2.34. The van der Waals surface area contributed by atoms with E-state index in [9.17, 15) is 15.0 Å². The highest BCUT2D eigenvalue weighted by Gasteiger charge is 2.24. The molecule has 9 heteroatoms. The van der Waals surface area contributed by atoms with Crippen LogP contribution in [0.1, 0.15) is 24.2 Å². The molecule has 1 aromatic carbocycles. The predicted molar refractivity (Wildman–Crippen MR) is 109 cm³/mol. The summed E-state index contributed by atoms with van der Waals surface area (Å²) in [5.74, 6) is -0.500. The fourth-order valence-corrected chi connectivity index (χ4v) is 3.49. The number of carbonyl (C=O) groups excluding carboxylic acids is 1. The molecule has 2 heterocycles. The van der Waals surface area contributed by atoms with E-state index in [1.807, 2.05) is 29.0 Å². The fraction of sp³-hybridized carbons (Fsp3) is 0.316. The Balaban J connectivity index is 2.00. The van der Waals surface area contributed by atoms with Gasteiger partial charge >= 0.3 is 0 Å². The molecule has 3 rings (SSSR count).